The molecular weight excluding hydrogens is 174 g/mol. The molecule has 0 aromatic heterocycles. The maximum absolute atomic E-state index is 10.9. The Kier molecular flexibility index (Phi) is 3.13. The average Bonchev–Trinajstić information content (AvgIpc) is 2.06. The molecule has 0 saturated carbocycles. The predicted molar refractivity (Wildman–Crippen MR) is 49.0 cm³/mol. The Bertz CT molecular complexity index is 261. The maximum Gasteiger partial charge on any atom is 0.338 e. The molecule has 0 spiro atoms. The standard InChI is InChI=1S/C8H9NO2S/c9-7(12)8(10)11-6-4-2-1-3-5-6/h1-5,7,12H,9H2. The lowest BCUT2D eigenvalue weighted by molar-refractivity contribution is -0.133. The van der Waals surface area contributed by atoms with Crippen molar-refractivity contribution in [3.63, 3.8) is 0 Å². The molecule has 1 atom stereocenters. The van der Waals surface area contributed by atoms with Crippen molar-refractivity contribution in [1.82, 2.24) is 0 Å². The number of ether oxygens (including phenoxy) is 1. The van der Waals surface area contributed by atoms with Crippen LogP contribution in [0.3, 0.4) is 0 Å². The third-order valence-electron chi connectivity index (χ3n) is 1.20. The van der Waals surface area contributed by atoms with Crippen LogP contribution >= 0.6 is 12.6 Å². The van der Waals surface area contributed by atoms with Crippen LogP contribution in [0.4, 0.5) is 0 Å². The number of carbonyl (C=O) groups excluding carboxylic acids is 1. The summed E-state index contributed by atoms with van der Waals surface area (Å²) < 4.78 is 4.84. The van der Waals surface area contributed by atoms with Gasteiger partial charge < -0.3 is 10.5 Å². The lowest BCUT2D eigenvalue weighted by atomic mass is 10.3. The minimum absolute atomic E-state index is 0.479. The fourth-order valence-electron chi connectivity index (χ4n) is 0.665. The average molecular weight is 183 g/mol. The molecule has 64 valence electrons. The topological polar surface area (TPSA) is 52.3 Å². The van der Waals surface area contributed by atoms with Gasteiger partial charge in [-0.05, 0) is 12.1 Å². The van der Waals surface area contributed by atoms with E-state index in [-0.39, 0.29) is 0 Å². The second-order valence-corrected chi connectivity index (χ2v) is 2.74. The molecule has 1 aromatic carbocycles. The first kappa shape index (κ1) is 9.09. The van der Waals surface area contributed by atoms with Crippen LogP contribution in [0.15, 0.2) is 30.3 Å². The first-order valence-electron chi connectivity index (χ1n) is 3.40. The van der Waals surface area contributed by atoms with Gasteiger partial charge in [0, 0.05) is 0 Å². The molecule has 1 unspecified atom stereocenters. The highest BCUT2D eigenvalue weighted by Gasteiger charge is 2.09. The molecule has 2 N–H and O–H groups in total. The summed E-state index contributed by atoms with van der Waals surface area (Å²) in [6.45, 7) is 0. The van der Waals surface area contributed by atoms with Gasteiger partial charge in [-0.3, -0.25) is 0 Å². The van der Waals surface area contributed by atoms with E-state index < -0.39 is 11.3 Å². The number of para-hydroxylation sites is 1. The summed E-state index contributed by atoms with van der Waals surface area (Å²) in [7, 11) is 0. The van der Waals surface area contributed by atoms with Crippen LogP contribution in [0.25, 0.3) is 0 Å². The molecule has 0 saturated heterocycles. The summed E-state index contributed by atoms with van der Waals surface area (Å²) in [6, 6.07) is 8.72. The van der Waals surface area contributed by atoms with Crippen LogP contribution < -0.4 is 10.5 Å². The number of hydrogen-bond donors (Lipinski definition) is 2. The van der Waals surface area contributed by atoms with Crippen molar-refractivity contribution in [1.29, 1.82) is 0 Å². The van der Waals surface area contributed by atoms with Crippen LogP contribution in [-0.4, -0.2) is 11.3 Å². The lowest BCUT2D eigenvalue weighted by Crippen LogP contribution is -2.28. The number of carbonyl (C=O) groups is 1. The molecule has 0 fully saturated rings. The highest BCUT2D eigenvalue weighted by atomic mass is 32.1. The van der Waals surface area contributed by atoms with Crippen LogP contribution in [0.1, 0.15) is 0 Å². The summed E-state index contributed by atoms with van der Waals surface area (Å²) in [6.07, 6.45) is 0. The Hall–Kier alpha value is -1.00. The smallest absolute Gasteiger partial charge is 0.338 e. The fraction of sp³-hybridized carbons (Fsp3) is 0.125. The van der Waals surface area contributed by atoms with Crippen molar-refractivity contribution in [2.75, 3.05) is 0 Å². The molecule has 3 nitrogen and oxygen atoms in total. The van der Waals surface area contributed by atoms with Crippen molar-refractivity contribution in [3.8, 4) is 5.75 Å². The molecular formula is C8H9NO2S. The molecule has 0 amide bonds. The van der Waals surface area contributed by atoms with Crippen LogP contribution in [0.2, 0.25) is 0 Å². The van der Waals surface area contributed by atoms with Gasteiger partial charge in [0.1, 0.15) is 11.1 Å². The van der Waals surface area contributed by atoms with Crippen LogP contribution in [0, 0.1) is 0 Å². The van der Waals surface area contributed by atoms with E-state index in [1.807, 2.05) is 6.07 Å². The molecule has 0 aliphatic heterocycles. The SMILES string of the molecule is NC(S)C(=O)Oc1ccccc1. The minimum Gasteiger partial charge on any atom is -0.425 e. The lowest BCUT2D eigenvalue weighted by Gasteiger charge is -2.04. The van der Waals surface area contributed by atoms with E-state index in [0.29, 0.717) is 5.75 Å². The molecule has 0 radical (unpaired) electrons. The van der Waals surface area contributed by atoms with Crippen molar-refractivity contribution >= 4 is 18.6 Å². The molecule has 0 aliphatic rings. The van der Waals surface area contributed by atoms with Crippen LogP contribution in [-0.2, 0) is 4.79 Å². The molecule has 4 heteroatoms. The number of esters is 1. The number of rotatable bonds is 2. The van der Waals surface area contributed by atoms with Gasteiger partial charge in [-0.25, -0.2) is 4.79 Å². The Morgan fingerprint density at radius 2 is 2.00 bits per heavy atom. The van der Waals surface area contributed by atoms with Gasteiger partial charge in [0.25, 0.3) is 0 Å². The van der Waals surface area contributed by atoms with E-state index in [9.17, 15) is 4.79 Å². The third-order valence-corrected chi connectivity index (χ3v) is 1.41. The van der Waals surface area contributed by atoms with Gasteiger partial charge in [-0.15, -0.1) is 12.6 Å². The van der Waals surface area contributed by atoms with E-state index in [1.165, 1.54) is 0 Å². The summed E-state index contributed by atoms with van der Waals surface area (Å²) in [5.74, 6) is -0.0727. The van der Waals surface area contributed by atoms with E-state index in [2.05, 4.69) is 12.6 Å². The number of benzene rings is 1. The van der Waals surface area contributed by atoms with E-state index in [0.717, 1.165) is 0 Å². The van der Waals surface area contributed by atoms with Crippen molar-refractivity contribution in [3.05, 3.63) is 30.3 Å². The zero-order valence-electron chi connectivity index (χ0n) is 6.31. The highest BCUT2D eigenvalue weighted by Crippen LogP contribution is 2.09. The normalized spacial score (nSPS) is 12.2. The van der Waals surface area contributed by atoms with Crippen molar-refractivity contribution < 1.29 is 9.53 Å². The quantitative estimate of drug-likeness (QED) is 0.309. The maximum atomic E-state index is 10.9. The number of hydrogen-bond acceptors (Lipinski definition) is 4. The molecule has 0 bridgehead atoms. The van der Waals surface area contributed by atoms with Gasteiger partial charge in [0.2, 0.25) is 0 Å². The molecule has 0 heterocycles. The Balaban J connectivity index is 2.59. The number of nitrogens with two attached hydrogens (primary N) is 1. The van der Waals surface area contributed by atoms with E-state index in [1.54, 1.807) is 24.3 Å². The number of thiol groups is 1. The highest BCUT2D eigenvalue weighted by molar-refractivity contribution is 7.81. The molecule has 12 heavy (non-hydrogen) atoms. The second kappa shape index (κ2) is 4.13. The minimum atomic E-state index is -0.884. The fourth-order valence-corrected chi connectivity index (χ4v) is 0.718. The van der Waals surface area contributed by atoms with Gasteiger partial charge in [-0.2, -0.15) is 0 Å². The Morgan fingerprint density at radius 1 is 1.42 bits per heavy atom. The van der Waals surface area contributed by atoms with Crippen molar-refractivity contribution in [2.45, 2.75) is 5.37 Å². The second-order valence-electron chi connectivity index (χ2n) is 2.18. The zero-order chi connectivity index (χ0) is 8.97. The first-order chi connectivity index (χ1) is 5.70. The Morgan fingerprint density at radius 3 is 2.50 bits per heavy atom. The molecule has 0 aliphatic carbocycles. The largest absolute Gasteiger partial charge is 0.425 e. The van der Waals surface area contributed by atoms with E-state index in [4.69, 9.17) is 10.5 Å². The monoisotopic (exact) mass is 183 g/mol. The van der Waals surface area contributed by atoms with Crippen molar-refractivity contribution in [2.24, 2.45) is 5.73 Å². The van der Waals surface area contributed by atoms with Crippen LogP contribution in [0.5, 0.6) is 5.75 Å². The Labute approximate surface area is 75.9 Å². The van der Waals surface area contributed by atoms with Gasteiger partial charge >= 0.3 is 5.97 Å². The van der Waals surface area contributed by atoms with Gasteiger partial charge in [-0.1, -0.05) is 18.2 Å². The van der Waals surface area contributed by atoms with E-state index >= 15 is 0 Å². The molecule has 1 aromatic rings. The third kappa shape index (κ3) is 2.56. The zero-order valence-corrected chi connectivity index (χ0v) is 7.20. The van der Waals surface area contributed by atoms with Gasteiger partial charge in [0.15, 0.2) is 0 Å². The predicted octanol–water partition coefficient (Wildman–Crippen LogP) is 0.807. The summed E-state index contributed by atoms with van der Waals surface area (Å²) >= 11 is 3.73. The summed E-state index contributed by atoms with van der Waals surface area (Å²) in [4.78, 5) is 10.9. The molecule has 1 rings (SSSR count). The summed E-state index contributed by atoms with van der Waals surface area (Å²) in [5, 5.41) is -0.884. The summed E-state index contributed by atoms with van der Waals surface area (Å²) in [5.41, 5.74) is 5.17. The first-order valence-corrected chi connectivity index (χ1v) is 3.92. The van der Waals surface area contributed by atoms with Gasteiger partial charge in [0.05, 0.1) is 0 Å².